The Bertz CT molecular complexity index is 1010. The number of nitrogens with two attached hydrogens (primary N) is 1. The van der Waals surface area contributed by atoms with E-state index in [0.717, 1.165) is 24.6 Å². The zero-order valence-corrected chi connectivity index (χ0v) is 13.8. The standard InChI is InChI=1S/C18H16N4O4/c19-16-15-12(17(25)20-18(15)26)9-14(24)22(16)11-6-4-10(5-7-11)21-8-2-1-3-13(21)23/h4-7,9H,1-3,8,19H2,(H,20,25,26). The maximum absolute atomic E-state index is 12.4. The van der Waals surface area contributed by atoms with Crippen molar-refractivity contribution in [1.29, 1.82) is 0 Å². The van der Waals surface area contributed by atoms with Crippen LogP contribution in [-0.2, 0) is 4.79 Å². The molecule has 1 aromatic heterocycles. The minimum Gasteiger partial charge on any atom is -0.384 e. The number of pyridine rings is 1. The van der Waals surface area contributed by atoms with Crippen LogP contribution in [0.2, 0.25) is 0 Å². The molecule has 0 atom stereocenters. The average molecular weight is 352 g/mol. The Morgan fingerprint density at radius 3 is 2.31 bits per heavy atom. The highest BCUT2D eigenvalue weighted by atomic mass is 16.2. The maximum Gasteiger partial charge on any atom is 0.262 e. The molecule has 2 aromatic rings. The van der Waals surface area contributed by atoms with Crippen molar-refractivity contribution in [2.24, 2.45) is 0 Å². The normalized spacial score (nSPS) is 16.6. The van der Waals surface area contributed by atoms with Crippen molar-refractivity contribution in [3.8, 4) is 5.69 Å². The zero-order valence-electron chi connectivity index (χ0n) is 13.8. The largest absolute Gasteiger partial charge is 0.384 e. The van der Waals surface area contributed by atoms with Crippen LogP contribution in [0.3, 0.4) is 0 Å². The Morgan fingerprint density at radius 1 is 0.923 bits per heavy atom. The summed E-state index contributed by atoms with van der Waals surface area (Å²) in [6.07, 6.45) is 2.38. The van der Waals surface area contributed by atoms with Gasteiger partial charge < -0.3 is 10.6 Å². The molecule has 3 N–H and O–H groups in total. The lowest BCUT2D eigenvalue weighted by Crippen LogP contribution is -2.35. The number of carbonyl (C=O) groups is 3. The van der Waals surface area contributed by atoms with Crippen molar-refractivity contribution in [3.05, 3.63) is 51.8 Å². The van der Waals surface area contributed by atoms with Crippen LogP contribution in [0, 0.1) is 0 Å². The number of hydrogen-bond acceptors (Lipinski definition) is 5. The van der Waals surface area contributed by atoms with E-state index < -0.39 is 17.4 Å². The van der Waals surface area contributed by atoms with E-state index in [1.54, 1.807) is 29.2 Å². The van der Waals surface area contributed by atoms with Gasteiger partial charge in [0, 0.05) is 24.7 Å². The number of amides is 3. The number of nitrogens with zero attached hydrogens (tertiary/aromatic N) is 2. The summed E-state index contributed by atoms with van der Waals surface area (Å²) in [7, 11) is 0. The molecular weight excluding hydrogens is 336 g/mol. The van der Waals surface area contributed by atoms with E-state index in [-0.39, 0.29) is 22.9 Å². The van der Waals surface area contributed by atoms with E-state index >= 15 is 0 Å². The number of nitrogens with one attached hydrogen (secondary N) is 1. The molecule has 0 radical (unpaired) electrons. The Morgan fingerprint density at radius 2 is 1.62 bits per heavy atom. The second-order valence-corrected chi connectivity index (χ2v) is 6.29. The van der Waals surface area contributed by atoms with Gasteiger partial charge in [-0.1, -0.05) is 0 Å². The van der Waals surface area contributed by atoms with E-state index in [1.807, 2.05) is 0 Å². The second kappa shape index (κ2) is 5.83. The van der Waals surface area contributed by atoms with Crippen LogP contribution >= 0.6 is 0 Å². The van der Waals surface area contributed by atoms with Crippen LogP contribution in [0.5, 0.6) is 0 Å². The van der Waals surface area contributed by atoms with Gasteiger partial charge in [0.25, 0.3) is 17.4 Å². The predicted molar refractivity (Wildman–Crippen MR) is 94.5 cm³/mol. The Kier molecular flexibility index (Phi) is 3.61. The molecule has 2 aliphatic heterocycles. The van der Waals surface area contributed by atoms with Gasteiger partial charge in [0.2, 0.25) is 5.91 Å². The van der Waals surface area contributed by atoms with Gasteiger partial charge in [-0.2, -0.15) is 0 Å². The summed E-state index contributed by atoms with van der Waals surface area (Å²) in [5.74, 6) is -1.25. The molecule has 26 heavy (non-hydrogen) atoms. The summed E-state index contributed by atoms with van der Waals surface area (Å²) in [5.41, 5.74) is 6.70. The van der Waals surface area contributed by atoms with E-state index in [4.69, 9.17) is 5.73 Å². The lowest BCUT2D eigenvalue weighted by molar-refractivity contribution is -0.119. The van der Waals surface area contributed by atoms with Gasteiger partial charge in [-0.25, -0.2) is 0 Å². The fourth-order valence-corrected chi connectivity index (χ4v) is 3.41. The van der Waals surface area contributed by atoms with Crippen LogP contribution in [0.4, 0.5) is 11.5 Å². The van der Waals surface area contributed by atoms with Gasteiger partial charge in [0.15, 0.2) is 0 Å². The van der Waals surface area contributed by atoms with Gasteiger partial charge in [0.05, 0.1) is 16.8 Å². The average Bonchev–Trinajstić information content (AvgIpc) is 2.90. The molecule has 4 rings (SSSR count). The summed E-state index contributed by atoms with van der Waals surface area (Å²) in [6, 6.07) is 7.91. The number of aromatic nitrogens is 1. The highest BCUT2D eigenvalue weighted by Crippen LogP contribution is 2.25. The Balaban J connectivity index is 1.76. The molecule has 0 unspecified atom stereocenters. The lowest BCUT2D eigenvalue weighted by atomic mass is 10.1. The molecule has 1 saturated heterocycles. The quantitative estimate of drug-likeness (QED) is 0.777. The van der Waals surface area contributed by atoms with Crippen LogP contribution < -0.4 is 21.5 Å². The Hall–Kier alpha value is -3.42. The first kappa shape index (κ1) is 16.1. The molecule has 2 aliphatic rings. The van der Waals surface area contributed by atoms with Gasteiger partial charge in [-0.15, -0.1) is 0 Å². The van der Waals surface area contributed by atoms with Crippen molar-refractivity contribution in [2.45, 2.75) is 19.3 Å². The smallest absolute Gasteiger partial charge is 0.262 e. The number of imide groups is 1. The molecule has 132 valence electrons. The monoisotopic (exact) mass is 352 g/mol. The molecule has 3 heterocycles. The van der Waals surface area contributed by atoms with Crippen LogP contribution in [0.1, 0.15) is 40.0 Å². The van der Waals surface area contributed by atoms with Gasteiger partial charge in [-0.05, 0) is 37.1 Å². The van der Waals surface area contributed by atoms with Crippen molar-refractivity contribution >= 4 is 29.2 Å². The van der Waals surface area contributed by atoms with Crippen LogP contribution in [-0.4, -0.2) is 28.8 Å². The third kappa shape index (κ3) is 2.38. The third-order valence-electron chi connectivity index (χ3n) is 4.70. The third-order valence-corrected chi connectivity index (χ3v) is 4.70. The van der Waals surface area contributed by atoms with Crippen molar-refractivity contribution in [3.63, 3.8) is 0 Å². The minimum atomic E-state index is -0.625. The Labute approximate surface area is 148 Å². The fourth-order valence-electron chi connectivity index (χ4n) is 3.41. The molecule has 0 spiro atoms. The van der Waals surface area contributed by atoms with E-state index in [9.17, 15) is 19.2 Å². The number of rotatable bonds is 2. The summed E-state index contributed by atoms with van der Waals surface area (Å²) in [5, 5.41) is 2.13. The lowest BCUT2D eigenvalue weighted by Gasteiger charge is -2.27. The first-order valence-electron chi connectivity index (χ1n) is 8.29. The molecule has 1 aromatic carbocycles. The zero-order chi connectivity index (χ0) is 18.4. The highest BCUT2D eigenvalue weighted by molar-refractivity contribution is 6.23. The summed E-state index contributed by atoms with van der Waals surface area (Å²) in [6.45, 7) is 0.668. The first-order valence-corrected chi connectivity index (χ1v) is 8.29. The van der Waals surface area contributed by atoms with Crippen molar-refractivity contribution < 1.29 is 14.4 Å². The predicted octanol–water partition coefficient (Wildman–Crippen LogP) is 0.820. The number of anilines is 2. The number of hydrogen-bond donors (Lipinski definition) is 2. The maximum atomic E-state index is 12.4. The topological polar surface area (TPSA) is 114 Å². The first-order chi connectivity index (χ1) is 12.5. The second-order valence-electron chi connectivity index (χ2n) is 6.29. The minimum absolute atomic E-state index is 0.00452. The number of fused-ring (bicyclic) bond motifs is 1. The number of piperidine rings is 1. The molecular formula is C18H16N4O4. The summed E-state index contributed by atoms with van der Waals surface area (Å²) in [4.78, 5) is 49.8. The number of carbonyl (C=O) groups excluding carboxylic acids is 3. The molecule has 3 amide bonds. The van der Waals surface area contributed by atoms with E-state index in [2.05, 4.69) is 5.32 Å². The molecule has 0 aliphatic carbocycles. The van der Waals surface area contributed by atoms with Crippen LogP contribution in [0.15, 0.2) is 35.1 Å². The van der Waals surface area contributed by atoms with Gasteiger partial charge in [-0.3, -0.25) is 29.1 Å². The van der Waals surface area contributed by atoms with Gasteiger partial charge >= 0.3 is 0 Å². The van der Waals surface area contributed by atoms with E-state index in [1.165, 1.54) is 4.57 Å². The molecule has 8 heteroatoms. The van der Waals surface area contributed by atoms with Crippen molar-refractivity contribution in [1.82, 2.24) is 9.88 Å². The fraction of sp³-hybridized carbons (Fsp3) is 0.222. The van der Waals surface area contributed by atoms with Gasteiger partial charge in [0.1, 0.15) is 5.82 Å². The molecule has 0 saturated carbocycles. The van der Waals surface area contributed by atoms with E-state index in [0.29, 0.717) is 18.7 Å². The number of nitrogen functional groups attached to an aromatic ring is 1. The SMILES string of the molecule is Nc1c2c(cc(=O)n1-c1ccc(N3CCCCC3=O)cc1)C(=O)NC2=O. The van der Waals surface area contributed by atoms with Crippen LogP contribution in [0.25, 0.3) is 5.69 Å². The molecule has 1 fully saturated rings. The summed E-state index contributed by atoms with van der Waals surface area (Å²) < 4.78 is 1.18. The molecule has 8 nitrogen and oxygen atoms in total. The summed E-state index contributed by atoms with van der Waals surface area (Å²) >= 11 is 0. The highest BCUT2D eigenvalue weighted by Gasteiger charge is 2.31. The number of benzene rings is 1. The van der Waals surface area contributed by atoms with Crippen molar-refractivity contribution in [2.75, 3.05) is 17.2 Å². The molecule has 0 bridgehead atoms.